The second kappa shape index (κ2) is 6.79. The summed E-state index contributed by atoms with van der Waals surface area (Å²) < 4.78 is 35.3. The first-order valence-corrected chi connectivity index (χ1v) is 9.14. The Morgan fingerprint density at radius 2 is 1.92 bits per heavy atom. The molecule has 2 aromatic rings. The normalized spacial score (nSPS) is 13.8. The third-order valence-electron chi connectivity index (χ3n) is 3.95. The highest BCUT2D eigenvalue weighted by atomic mass is 32.2. The standard InChI is InChI=1S/C16H17N3O6S/c1-10-3-5-11(6-4-10)26(22,23)25-14-12-9-19(16(20)21)8-7-13(12)17-15(18-14)24-2/h3-6H,7-9H2,1-2H3,(H,20,21). The van der Waals surface area contributed by atoms with Crippen molar-refractivity contribution in [1.29, 1.82) is 0 Å². The SMILES string of the molecule is COc1nc2c(c(OS(=O)(=O)c3ccc(C)cc3)n1)CN(C(=O)O)CC2. The summed E-state index contributed by atoms with van der Waals surface area (Å²) in [6.07, 6.45) is -0.805. The van der Waals surface area contributed by atoms with E-state index in [2.05, 4.69) is 9.97 Å². The number of aromatic nitrogens is 2. The van der Waals surface area contributed by atoms with E-state index in [-0.39, 0.29) is 29.9 Å². The second-order valence-electron chi connectivity index (χ2n) is 5.75. The molecule has 1 aromatic carbocycles. The Hall–Kier alpha value is -2.88. The molecule has 0 fully saturated rings. The molecule has 2 heterocycles. The Kier molecular flexibility index (Phi) is 4.68. The number of hydrogen-bond acceptors (Lipinski definition) is 7. The molecular formula is C16H17N3O6S. The lowest BCUT2D eigenvalue weighted by atomic mass is 10.1. The molecule has 0 aliphatic carbocycles. The quantitative estimate of drug-likeness (QED) is 0.796. The van der Waals surface area contributed by atoms with Gasteiger partial charge in [-0.3, -0.25) is 0 Å². The molecule has 0 saturated carbocycles. The maximum atomic E-state index is 12.6. The van der Waals surface area contributed by atoms with Crippen LogP contribution in [-0.4, -0.2) is 48.1 Å². The monoisotopic (exact) mass is 379 g/mol. The summed E-state index contributed by atoms with van der Waals surface area (Å²) in [5.74, 6) is -0.224. The van der Waals surface area contributed by atoms with Crippen molar-refractivity contribution in [3.05, 3.63) is 41.1 Å². The highest BCUT2D eigenvalue weighted by molar-refractivity contribution is 7.87. The molecule has 138 valence electrons. The van der Waals surface area contributed by atoms with E-state index in [0.717, 1.165) is 10.5 Å². The molecule has 0 bridgehead atoms. The Balaban J connectivity index is 2.01. The van der Waals surface area contributed by atoms with E-state index >= 15 is 0 Å². The van der Waals surface area contributed by atoms with Crippen molar-refractivity contribution in [2.75, 3.05) is 13.7 Å². The topological polar surface area (TPSA) is 119 Å². The summed E-state index contributed by atoms with van der Waals surface area (Å²) >= 11 is 0. The van der Waals surface area contributed by atoms with Crippen LogP contribution in [0.15, 0.2) is 29.2 Å². The number of fused-ring (bicyclic) bond motifs is 1. The fourth-order valence-electron chi connectivity index (χ4n) is 2.54. The van der Waals surface area contributed by atoms with Crippen molar-refractivity contribution in [3.8, 4) is 11.9 Å². The molecule has 9 nitrogen and oxygen atoms in total. The molecular weight excluding hydrogens is 362 g/mol. The van der Waals surface area contributed by atoms with Gasteiger partial charge in [-0.2, -0.15) is 18.4 Å². The Bertz CT molecular complexity index is 943. The van der Waals surface area contributed by atoms with Crippen LogP contribution in [0.3, 0.4) is 0 Å². The van der Waals surface area contributed by atoms with Gasteiger partial charge in [0.25, 0.3) is 0 Å². The second-order valence-corrected chi connectivity index (χ2v) is 7.29. The number of amides is 1. The lowest BCUT2D eigenvalue weighted by molar-refractivity contribution is 0.139. The van der Waals surface area contributed by atoms with Crippen molar-refractivity contribution in [2.45, 2.75) is 24.8 Å². The number of ether oxygens (including phenoxy) is 1. The first-order chi connectivity index (χ1) is 12.3. The van der Waals surface area contributed by atoms with Crippen molar-refractivity contribution >= 4 is 16.2 Å². The van der Waals surface area contributed by atoms with Gasteiger partial charge in [0.05, 0.1) is 24.9 Å². The molecule has 1 aliphatic rings. The van der Waals surface area contributed by atoms with Gasteiger partial charge < -0.3 is 18.9 Å². The van der Waals surface area contributed by atoms with Crippen LogP contribution in [0.1, 0.15) is 16.8 Å². The number of benzene rings is 1. The van der Waals surface area contributed by atoms with Gasteiger partial charge in [0, 0.05) is 13.0 Å². The van der Waals surface area contributed by atoms with Crippen molar-refractivity contribution in [2.24, 2.45) is 0 Å². The van der Waals surface area contributed by atoms with Crippen LogP contribution in [0.2, 0.25) is 0 Å². The van der Waals surface area contributed by atoms with E-state index in [0.29, 0.717) is 17.7 Å². The average Bonchev–Trinajstić information content (AvgIpc) is 2.61. The van der Waals surface area contributed by atoms with Crippen molar-refractivity contribution < 1.29 is 27.2 Å². The van der Waals surface area contributed by atoms with Gasteiger partial charge in [-0.15, -0.1) is 0 Å². The van der Waals surface area contributed by atoms with Gasteiger partial charge >= 0.3 is 22.2 Å². The largest absolute Gasteiger partial charge is 0.467 e. The lowest BCUT2D eigenvalue weighted by Gasteiger charge is -2.26. The highest BCUT2D eigenvalue weighted by Gasteiger charge is 2.29. The molecule has 1 aliphatic heterocycles. The minimum absolute atomic E-state index is 0.0275. The molecule has 26 heavy (non-hydrogen) atoms. The van der Waals surface area contributed by atoms with E-state index in [9.17, 15) is 18.3 Å². The Morgan fingerprint density at radius 1 is 1.23 bits per heavy atom. The lowest BCUT2D eigenvalue weighted by Crippen LogP contribution is -2.35. The van der Waals surface area contributed by atoms with Crippen LogP contribution < -0.4 is 8.92 Å². The summed E-state index contributed by atoms with van der Waals surface area (Å²) in [7, 11) is -2.78. The van der Waals surface area contributed by atoms with E-state index in [1.807, 2.05) is 6.92 Å². The predicted octanol–water partition coefficient (Wildman–Crippen LogP) is 1.60. The van der Waals surface area contributed by atoms with Crippen LogP contribution in [0, 0.1) is 6.92 Å². The maximum absolute atomic E-state index is 12.6. The van der Waals surface area contributed by atoms with E-state index in [4.69, 9.17) is 8.92 Å². The molecule has 0 radical (unpaired) electrons. The minimum Gasteiger partial charge on any atom is -0.467 e. The molecule has 1 aromatic heterocycles. The first kappa shape index (κ1) is 17.9. The predicted molar refractivity (Wildman–Crippen MR) is 89.7 cm³/mol. The maximum Gasteiger partial charge on any atom is 0.407 e. The summed E-state index contributed by atoms with van der Waals surface area (Å²) in [6.45, 7) is 2.02. The van der Waals surface area contributed by atoms with Gasteiger partial charge in [0.1, 0.15) is 4.90 Å². The molecule has 0 spiro atoms. The number of nitrogens with zero attached hydrogens (tertiary/aromatic N) is 3. The Morgan fingerprint density at radius 3 is 2.54 bits per heavy atom. The molecule has 0 saturated heterocycles. The number of rotatable bonds is 4. The summed E-state index contributed by atoms with van der Waals surface area (Å²) in [5.41, 5.74) is 1.72. The molecule has 3 rings (SSSR count). The van der Waals surface area contributed by atoms with Crippen LogP contribution in [0.5, 0.6) is 11.9 Å². The zero-order valence-corrected chi connectivity index (χ0v) is 15.0. The van der Waals surface area contributed by atoms with Crippen LogP contribution in [0.4, 0.5) is 4.79 Å². The number of hydrogen-bond donors (Lipinski definition) is 1. The summed E-state index contributed by atoms with van der Waals surface area (Å²) in [6, 6.07) is 6.12. The first-order valence-electron chi connectivity index (χ1n) is 7.73. The molecule has 10 heteroatoms. The zero-order chi connectivity index (χ0) is 18.9. The van der Waals surface area contributed by atoms with E-state index < -0.39 is 16.2 Å². The van der Waals surface area contributed by atoms with Gasteiger partial charge in [-0.1, -0.05) is 17.7 Å². The summed E-state index contributed by atoms with van der Waals surface area (Å²) in [4.78, 5) is 20.5. The highest BCUT2D eigenvalue weighted by Crippen LogP contribution is 2.29. The van der Waals surface area contributed by atoms with Gasteiger partial charge in [-0.25, -0.2) is 4.79 Å². The number of carboxylic acid groups (broad SMARTS) is 1. The average molecular weight is 379 g/mol. The minimum atomic E-state index is -4.14. The van der Waals surface area contributed by atoms with E-state index in [1.54, 1.807) is 12.1 Å². The third kappa shape index (κ3) is 3.54. The van der Waals surface area contributed by atoms with Gasteiger partial charge in [0.2, 0.25) is 5.88 Å². The third-order valence-corrected chi connectivity index (χ3v) is 5.18. The van der Waals surface area contributed by atoms with Crippen molar-refractivity contribution in [3.63, 3.8) is 0 Å². The number of carbonyl (C=O) groups is 1. The smallest absolute Gasteiger partial charge is 0.407 e. The van der Waals surface area contributed by atoms with Gasteiger partial charge in [0.15, 0.2) is 0 Å². The number of aryl methyl sites for hydroxylation is 1. The molecule has 0 unspecified atom stereocenters. The Labute approximate surface area is 150 Å². The molecule has 0 atom stereocenters. The van der Waals surface area contributed by atoms with Gasteiger partial charge in [-0.05, 0) is 19.1 Å². The fourth-order valence-corrected chi connectivity index (χ4v) is 3.45. The van der Waals surface area contributed by atoms with Crippen LogP contribution in [0.25, 0.3) is 0 Å². The molecule has 1 N–H and O–H groups in total. The molecule has 1 amide bonds. The summed E-state index contributed by atoms with van der Waals surface area (Å²) in [5, 5.41) is 9.19. The zero-order valence-electron chi connectivity index (χ0n) is 14.2. The van der Waals surface area contributed by atoms with Crippen LogP contribution >= 0.6 is 0 Å². The van der Waals surface area contributed by atoms with Crippen LogP contribution in [-0.2, 0) is 23.1 Å². The van der Waals surface area contributed by atoms with Crippen molar-refractivity contribution in [1.82, 2.24) is 14.9 Å². The number of methoxy groups -OCH3 is 1. The van der Waals surface area contributed by atoms with E-state index in [1.165, 1.54) is 19.2 Å². The fraction of sp³-hybridized carbons (Fsp3) is 0.312.